The lowest BCUT2D eigenvalue weighted by atomic mass is 9.50. The highest BCUT2D eigenvalue weighted by Crippen LogP contribution is 2.63. The van der Waals surface area contributed by atoms with E-state index in [2.05, 4.69) is 26.8 Å². The Morgan fingerprint density at radius 2 is 1.83 bits per heavy atom. The lowest BCUT2D eigenvalue weighted by Crippen LogP contribution is -2.66. The molecule has 29 heavy (non-hydrogen) atoms. The Bertz CT molecular complexity index is 925. The molecule has 6 atom stereocenters. The molecule has 3 aliphatic rings. The van der Waals surface area contributed by atoms with E-state index in [1.807, 2.05) is 36.4 Å². The first kappa shape index (κ1) is 18.7. The van der Waals surface area contributed by atoms with Crippen LogP contribution in [0, 0.1) is 23.2 Å². The fourth-order valence-corrected chi connectivity index (χ4v) is 6.11. The molecule has 0 spiro atoms. The zero-order valence-electron chi connectivity index (χ0n) is 17.3. The Morgan fingerprint density at radius 1 is 1.10 bits per heavy atom. The number of rotatable bonds is 3. The predicted octanol–water partition coefficient (Wildman–Crippen LogP) is 5.04. The number of carbonyl (C=O) groups excluding carboxylic acids is 1. The second-order valence-electron chi connectivity index (χ2n) is 9.28. The van der Waals surface area contributed by atoms with Crippen LogP contribution in [-0.2, 0) is 9.47 Å². The Balaban J connectivity index is 1.44. The van der Waals surface area contributed by atoms with Gasteiger partial charge in [0.2, 0.25) is 0 Å². The molecule has 5 rings (SSSR count). The largest absolute Gasteiger partial charge is 0.487 e. The van der Waals surface area contributed by atoms with Crippen LogP contribution >= 0.6 is 0 Å². The summed E-state index contributed by atoms with van der Waals surface area (Å²) >= 11 is 0. The van der Waals surface area contributed by atoms with E-state index in [9.17, 15) is 4.79 Å². The van der Waals surface area contributed by atoms with E-state index in [0.717, 1.165) is 17.7 Å². The number of hydrogen-bond acceptors (Lipinski definition) is 4. The van der Waals surface area contributed by atoms with Gasteiger partial charge in [-0.2, -0.15) is 0 Å². The number of fused-ring (bicyclic) bond motifs is 3. The molecule has 2 heterocycles. The summed E-state index contributed by atoms with van der Waals surface area (Å²) in [6.07, 6.45) is 0.962. The molecule has 2 aliphatic heterocycles. The number of para-hydroxylation sites is 1. The summed E-state index contributed by atoms with van der Waals surface area (Å²) in [5, 5.41) is 0. The van der Waals surface area contributed by atoms with Crippen LogP contribution in [0.1, 0.15) is 49.2 Å². The maximum atomic E-state index is 12.6. The average molecular weight is 392 g/mol. The summed E-state index contributed by atoms with van der Waals surface area (Å²) in [6, 6.07) is 17.4. The quantitative estimate of drug-likeness (QED) is 0.686. The summed E-state index contributed by atoms with van der Waals surface area (Å²) in [6.45, 7) is 7.75. The van der Waals surface area contributed by atoms with Crippen LogP contribution in [0.3, 0.4) is 0 Å². The molecule has 0 N–H and O–H groups in total. The zero-order chi connectivity index (χ0) is 20.2. The third-order valence-electron chi connectivity index (χ3n) is 7.75. The molecule has 2 bridgehead atoms. The molecular formula is C25H28O4. The summed E-state index contributed by atoms with van der Waals surface area (Å²) in [5.74, 6) is 1.54. The van der Waals surface area contributed by atoms with Crippen LogP contribution in [0.4, 0.5) is 0 Å². The average Bonchev–Trinajstić information content (AvgIpc) is 2.72. The molecule has 4 nitrogen and oxygen atoms in total. The molecular weight excluding hydrogens is 364 g/mol. The number of ether oxygens (including phenoxy) is 3. The maximum Gasteiger partial charge on any atom is 0.338 e. The highest BCUT2D eigenvalue weighted by Gasteiger charge is 2.64. The minimum absolute atomic E-state index is 0.0328. The number of hydrogen-bond donors (Lipinski definition) is 0. The van der Waals surface area contributed by atoms with Gasteiger partial charge in [-0.3, -0.25) is 0 Å². The van der Waals surface area contributed by atoms with Crippen molar-refractivity contribution in [2.45, 2.75) is 38.9 Å². The first-order valence-electron chi connectivity index (χ1n) is 10.6. The van der Waals surface area contributed by atoms with Gasteiger partial charge in [0.05, 0.1) is 24.9 Å². The number of esters is 1. The van der Waals surface area contributed by atoms with Crippen LogP contribution in [0.15, 0.2) is 54.6 Å². The van der Waals surface area contributed by atoms with E-state index in [1.54, 1.807) is 12.1 Å². The van der Waals surface area contributed by atoms with Crippen molar-refractivity contribution in [1.29, 1.82) is 0 Å². The van der Waals surface area contributed by atoms with Crippen molar-refractivity contribution in [2.24, 2.45) is 23.2 Å². The van der Waals surface area contributed by atoms with Crippen molar-refractivity contribution >= 4 is 5.97 Å². The van der Waals surface area contributed by atoms with E-state index in [4.69, 9.17) is 14.2 Å². The summed E-state index contributed by atoms with van der Waals surface area (Å²) in [4.78, 5) is 12.6. The standard InChI is InChI=1S/C25H28O4/c1-16-13-24(3)21-17(2)25(16,15-28-23(26)18-9-5-4-6-10-18)14-27-22(21)19-11-7-8-12-20(19)29-24/h4-12,16-17,21-22H,13-15H2,1-3H3/t16-,17+,21-,22-,24-,25-/m1/s1. The smallest absolute Gasteiger partial charge is 0.338 e. The SMILES string of the molecule is C[C@@H]1C[C@@]2(C)Oc3ccccc3[C@H]3OC[C@]1(COC(=O)c1ccccc1)[C@@H](C)[C@H]32. The lowest BCUT2D eigenvalue weighted by molar-refractivity contribution is -0.259. The van der Waals surface area contributed by atoms with Crippen LogP contribution in [-0.4, -0.2) is 24.8 Å². The monoisotopic (exact) mass is 392 g/mol. The van der Waals surface area contributed by atoms with Crippen molar-refractivity contribution in [3.8, 4) is 5.75 Å². The Hall–Kier alpha value is -2.33. The van der Waals surface area contributed by atoms with Gasteiger partial charge >= 0.3 is 5.97 Å². The van der Waals surface area contributed by atoms with Crippen molar-refractivity contribution in [1.82, 2.24) is 0 Å². The van der Waals surface area contributed by atoms with E-state index in [-0.39, 0.29) is 29.0 Å². The zero-order valence-corrected chi connectivity index (χ0v) is 17.3. The third kappa shape index (κ3) is 2.72. The topological polar surface area (TPSA) is 44.8 Å². The van der Waals surface area contributed by atoms with Gasteiger partial charge in [-0.1, -0.05) is 50.2 Å². The fraction of sp³-hybridized carbons (Fsp3) is 0.480. The highest BCUT2D eigenvalue weighted by molar-refractivity contribution is 5.89. The first-order chi connectivity index (χ1) is 13.9. The summed E-state index contributed by atoms with van der Waals surface area (Å²) in [5.41, 5.74) is 1.27. The molecule has 2 aromatic carbocycles. The first-order valence-corrected chi connectivity index (χ1v) is 10.6. The summed E-state index contributed by atoms with van der Waals surface area (Å²) in [7, 11) is 0. The molecule has 1 saturated heterocycles. The minimum Gasteiger partial charge on any atom is -0.487 e. The van der Waals surface area contributed by atoms with Gasteiger partial charge in [0, 0.05) is 16.9 Å². The van der Waals surface area contributed by atoms with Crippen LogP contribution in [0.2, 0.25) is 0 Å². The van der Waals surface area contributed by atoms with Gasteiger partial charge in [0.25, 0.3) is 0 Å². The molecule has 152 valence electrons. The van der Waals surface area contributed by atoms with Gasteiger partial charge in [-0.15, -0.1) is 0 Å². The van der Waals surface area contributed by atoms with Crippen molar-refractivity contribution in [3.63, 3.8) is 0 Å². The Labute approximate surface area is 172 Å². The molecule has 0 unspecified atom stereocenters. The van der Waals surface area contributed by atoms with Crippen molar-refractivity contribution < 1.29 is 19.0 Å². The van der Waals surface area contributed by atoms with Gasteiger partial charge in [0.1, 0.15) is 11.4 Å². The van der Waals surface area contributed by atoms with Gasteiger partial charge in [-0.25, -0.2) is 4.79 Å². The van der Waals surface area contributed by atoms with Gasteiger partial charge in [-0.05, 0) is 43.4 Å². The van der Waals surface area contributed by atoms with Crippen LogP contribution < -0.4 is 4.74 Å². The fourth-order valence-electron chi connectivity index (χ4n) is 6.11. The van der Waals surface area contributed by atoms with E-state index >= 15 is 0 Å². The normalized spacial score (nSPS) is 37.2. The predicted molar refractivity (Wildman–Crippen MR) is 110 cm³/mol. The molecule has 0 amide bonds. The Morgan fingerprint density at radius 3 is 2.62 bits per heavy atom. The van der Waals surface area contributed by atoms with Crippen molar-refractivity contribution in [2.75, 3.05) is 13.2 Å². The lowest BCUT2D eigenvalue weighted by Gasteiger charge is -2.63. The summed E-state index contributed by atoms with van der Waals surface area (Å²) < 4.78 is 18.9. The van der Waals surface area contributed by atoms with Gasteiger partial charge < -0.3 is 14.2 Å². The van der Waals surface area contributed by atoms with Crippen LogP contribution in [0.5, 0.6) is 5.75 Å². The third-order valence-corrected chi connectivity index (χ3v) is 7.75. The van der Waals surface area contributed by atoms with E-state index in [1.165, 1.54) is 0 Å². The van der Waals surface area contributed by atoms with Crippen LogP contribution in [0.25, 0.3) is 0 Å². The molecule has 2 fully saturated rings. The van der Waals surface area contributed by atoms with E-state index in [0.29, 0.717) is 30.6 Å². The van der Waals surface area contributed by atoms with Gasteiger partial charge in [0.15, 0.2) is 0 Å². The minimum atomic E-state index is -0.273. The molecule has 0 radical (unpaired) electrons. The maximum absolute atomic E-state index is 12.6. The highest BCUT2D eigenvalue weighted by atomic mass is 16.5. The molecule has 0 aromatic heterocycles. The van der Waals surface area contributed by atoms with Crippen molar-refractivity contribution in [3.05, 3.63) is 65.7 Å². The number of benzene rings is 2. The second-order valence-corrected chi connectivity index (χ2v) is 9.28. The Kier molecular flexibility index (Phi) is 4.25. The second kappa shape index (κ2) is 6.60. The number of carbonyl (C=O) groups is 1. The molecule has 4 heteroatoms. The van der Waals surface area contributed by atoms with E-state index < -0.39 is 0 Å². The molecule has 1 aliphatic carbocycles. The molecule has 1 saturated carbocycles. The molecule has 2 aromatic rings.